The first kappa shape index (κ1) is 12.8. The molecule has 0 spiro atoms. The SMILES string of the molecule is CCOC(=O)c1nnn(-c2ccccc2Br)c1C. The molecule has 2 rings (SSSR count). The number of carbonyl (C=O) groups is 1. The van der Waals surface area contributed by atoms with E-state index in [4.69, 9.17) is 4.74 Å². The van der Waals surface area contributed by atoms with Gasteiger partial charge in [-0.3, -0.25) is 0 Å². The van der Waals surface area contributed by atoms with Gasteiger partial charge in [-0.1, -0.05) is 17.3 Å². The Kier molecular flexibility index (Phi) is 3.76. The van der Waals surface area contributed by atoms with Crippen LogP contribution in [0.4, 0.5) is 0 Å². The highest BCUT2D eigenvalue weighted by Crippen LogP contribution is 2.21. The molecule has 94 valence electrons. The van der Waals surface area contributed by atoms with E-state index in [0.717, 1.165) is 10.2 Å². The van der Waals surface area contributed by atoms with Crippen molar-refractivity contribution >= 4 is 21.9 Å². The van der Waals surface area contributed by atoms with Gasteiger partial charge in [0.1, 0.15) is 0 Å². The number of hydrogen-bond acceptors (Lipinski definition) is 4. The summed E-state index contributed by atoms with van der Waals surface area (Å²) in [5.74, 6) is -0.451. The first-order valence-electron chi connectivity index (χ1n) is 5.49. The predicted molar refractivity (Wildman–Crippen MR) is 69.8 cm³/mol. The molecule has 0 aliphatic rings. The minimum absolute atomic E-state index is 0.243. The van der Waals surface area contributed by atoms with Gasteiger partial charge in [0.25, 0.3) is 0 Å². The molecule has 0 unspecified atom stereocenters. The minimum Gasteiger partial charge on any atom is -0.461 e. The normalized spacial score (nSPS) is 10.4. The van der Waals surface area contributed by atoms with Crippen LogP contribution in [0.3, 0.4) is 0 Å². The largest absolute Gasteiger partial charge is 0.461 e. The Morgan fingerprint density at radius 1 is 1.44 bits per heavy atom. The third-order valence-electron chi connectivity index (χ3n) is 2.44. The summed E-state index contributed by atoms with van der Waals surface area (Å²) in [4.78, 5) is 11.6. The smallest absolute Gasteiger partial charge is 0.360 e. The van der Waals surface area contributed by atoms with Crippen LogP contribution in [0.15, 0.2) is 28.7 Å². The van der Waals surface area contributed by atoms with E-state index in [1.165, 1.54) is 0 Å². The van der Waals surface area contributed by atoms with Crippen LogP contribution in [0.2, 0.25) is 0 Å². The maximum absolute atomic E-state index is 11.6. The number of benzene rings is 1. The van der Waals surface area contributed by atoms with Gasteiger partial charge >= 0.3 is 5.97 Å². The van der Waals surface area contributed by atoms with E-state index < -0.39 is 5.97 Å². The number of halogens is 1. The van der Waals surface area contributed by atoms with Gasteiger partial charge in [-0.25, -0.2) is 9.48 Å². The van der Waals surface area contributed by atoms with Gasteiger partial charge in [0.05, 0.1) is 18.0 Å². The number of ether oxygens (including phenoxy) is 1. The second-order valence-electron chi connectivity index (χ2n) is 3.61. The molecule has 0 amide bonds. The molecule has 1 aromatic heterocycles. The average molecular weight is 310 g/mol. The fourth-order valence-electron chi connectivity index (χ4n) is 1.57. The lowest BCUT2D eigenvalue weighted by Crippen LogP contribution is -2.08. The number of aromatic nitrogens is 3. The van der Waals surface area contributed by atoms with Crippen LogP contribution in [0.1, 0.15) is 23.1 Å². The lowest BCUT2D eigenvalue weighted by atomic mass is 10.3. The molecular weight excluding hydrogens is 298 g/mol. The van der Waals surface area contributed by atoms with Gasteiger partial charge in [0.2, 0.25) is 0 Å². The lowest BCUT2D eigenvalue weighted by Gasteiger charge is -2.05. The molecule has 0 aliphatic heterocycles. The average Bonchev–Trinajstić information content (AvgIpc) is 2.72. The number of esters is 1. The molecule has 0 radical (unpaired) electrons. The Bertz CT molecular complexity index is 580. The summed E-state index contributed by atoms with van der Waals surface area (Å²) in [5, 5.41) is 7.86. The van der Waals surface area contributed by atoms with E-state index >= 15 is 0 Å². The van der Waals surface area contributed by atoms with Gasteiger partial charge in [-0.05, 0) is 41.9 Å². The molecule has 0 saturated heterocycles. The van der Waals surface area contributed by atoms with E-state index in [9.17, 15) is 4.79 Å². The van der Waals surface area contributed by atoms with Gasteiger partial charge in [-0.2, -0.15) is 0 Å². The topological polar surface area (TPSA) is 57.0 Å². The molecular formula is C12H12BrN3O2. The molecule has 1 aromatic carbocycles. The molecule has 5 nitrogen and oxygen atoms in total. The predicted octanol–water partition coefficient (Wildman–Crippen LogP) is 2.51. The minimum atomic E-state index is -0.451. The quantitative estimate of drug-likeness (QED) is 0.817. The monoisotopic (exact) mass is 309 g/mol. The van der Waals surface area contributed by atoms with Crippen molar-refractivity contribution in [2.45, 2.75) is 13.8 Å². The van der Waals surface area contributed by atoms with Crippen LogP contribution in [0.25, 0.3) is 5.69 Å². The maximum atomic E-state index is 11.6. The summed E-state index contributed by atoms with van der Waals surface area (Å²) < 4.78 is 7.41. The Hall–Kier alpha value is -1.69. The van der Waals surface area contributed by atoms with E-state index in [0.29, 0.717) is 12.3 Å². The van der Waals surface area contributed by atoms with E-state index in [1.807, 2.05) is 24.3 Å². The van der Waals surface area contributed by atoms with Crippen molar-refractivity contribution in [3.05, 3.63) is 40.1 Å². The number of para-hydroxylation sites is 1. The molecule has 18 heavy (non-hydrogen) atoms. The van der Waals surface area contributed by atoms with Gasteiger partial charge in [0, 0.05) is 4.47 Å². The lowest BCUT2D eigenvalue weighted by molar-refractivity contribution is 0.0518. The molecule has 0 aliphatic carbocycles. The highest BCUT2D eigenvalue weighted by Gasteiger charge is 2.18. The molecule has 2 aromatic rings. The third kappa shape index (κ3) is 2.28. The van der Waals surface area contributed by atoms with Crippen LogP contribution >= 0.6 is 15.9 Å². The standard InChI is InChI=1S/C12H12BrN3O2/c1-3-18-12(17)11-8(2)16(15-14-11)10-7-5-4-6-9(10)13/h4-7H,3H2,1-2H3. The summed E-state index contributed by atoms with van der Waals surface area (Å²) in [7, 11) is 0. The fourth-order valence-corrected chi connectivity index (χ4v) is 2.02. The molecule has 6 heteroatoms. The summed E-state index contributed by atoms with van der Waals surface area (Å²) in [5.41, 5.74) is 1.73. The van der Waals surface area contributed by atoms with Crippen LogP contribution in [0, 0.1) is 6.92 Å². The van der Waals surface area contributed by atoms with Crippen molar-refractivity contribution in [3.63, 3.8) is 0 Å². The Morgan fingerprint density at radius 3 is 2.83 bits per heavy atom. The summed E-state index contributed by atoms with van der Waals surface area (Å²) in [6, 6.07) is 7.60. The van der Waals surface area contributed by atoms with E-state index in [1.54, 1.807) is 18.5 Å². The summed E-state index contributed by atoms with van der Waals surface area (Å²) in [6.45, 7) is 3.86. The zero-order valence-electron chi connectivity index (χ0n) is 10.1. The molecule has 0 saturated carbocycles. The van der Waals surface area contributed by atoms with Crippen molar-refractivity contribution in [2.24, 2.45) is 0 Å². The molecule has 0 bridgehead atoms. The van der Waals surface area contributed by atoms with Crippen LogP contribution < -0.4 is 0 Å². The van der Waals surface area contributed by atoms with Gasteiger partial charge in [0.15, 0.2) is 5.69 Å². The molecule has 0 atom stereocenters. The summed E-state index contributed by atoms with van der Waals surface area (Å²) in [6.07, 6.45) is 0. The Balaban J connectivity index is 2.43. The maximum Gasteiger partial charge on any atom is 0.360 e. The zero-order chi connectivity index (χ0) is 13.1. The molecule has 0 N–H and O–H groups in total. The van der Waals surface area contributed by atoms with Gasteiger partial charge < -0.3 is 4.74 Å². The van der Waals surface area contributed by atoms with E-state index in [-0.39, 0.29) is 5.69 Å². The van der Waals surface area contributed by atoms with Crippen molar-refractivity contribution in [1.29, 1.82) is 0 Å². The zero-order valence-corrected chi connectivity index (χ0v) is 11.6. The van der Waals surface area contributed by atoms with Crippen molar-refractivity contribution in [3.8, 4) is 5.69 Å². The van der Waals surface area contributed by atoms with Crippen LogP contribution in [-0.2, 0) is 4.74 Å². The second kappa shape index (κ2) is 5.30. The molecule has 1 heterocycles. The number of carbonyl (C=O) groups excluding carboxylic acids is 1. The number of rotatable bonds is 3. The second-order valence-corrected chi connectivity index (χ2v) is 4.46. The first-order chi connectivity index (χ1) is 8.65. The van der Waals surface area contributed by atoms with Crippen molar-refractivity contribution in [1.82, 2.24) is 15.0 Å². The van der Waals surface area contributed by atoms with Gasteiger partial charge in [-0.15, -0.1) is 5.10 Å². The fraction of sp³-hybridized carbons (Fsp3) is 0.250. The highest BCUT2D eigenvalue weighted by atomic mass is 79.9. The van der Waals surface area contributed by atoms with E-state index in [2.05, 4.69) is 26.2 Å². The highest BCUT2D eigenvalue weighted by molar-refractivity contribution is 9.10. The number of nitrogens with zero attached hydrogens (tertiary/aromatic N) is 3. The third-order valence-corrected chi connectivity index (χ3v) is 3.11. The molecule has 0 fully saturated rings. The van der Waals surface area contributed by atoms with Crippen molar-refractivity contribution < 1.29 is 9.53 Å². The summed E-state index contributed by atoms with van der Waals surface area (Å²) >= 11 is 3.44. The Labute approximate surface area is 113 Å². The first-order valence-corrected chi connectivity index (χ1v) is 6.28. The number of hydrogen-bond donors (Lipinski definition) is 0. The Morgan fingerprint density at radius 2 is 2.17 bits per heavy atom. The van der Waals surface area contributed by atoms with Crippen molar-refractivity contribution in [2.75, 3.05) is 6.61 Å². The van der Waals surface area contributed by atoms with Crippen LogP contribution in [-0.4, -0.2) is 27.6 Å². The van der Waals surface area contributed by atoms with Crippen LogP contribution in [0.5, 0.6) is 0 Å².